The van der Waals surface area contributed by atoms with Crippen LogP contribution in [0.4, 0.5) is 20.4 Å². The summed E-state index contributed by atoms with van der Waals surface area (Å²) in [6, 6.07) is 16.3. The molecule has 0 amide bonds. The Bertz CT molecular complexity index is 815. The van der Waals surface area contributed by atoms with Crippen molar-refractivity contribution < 1.29 is 8.78 Å². The van der Waals surface area contributed by atoms with E-state index in [1.165, 1.54) is 24.3 Å². The maximum absolute atomic E-state index is 12.9. The van der Waals surface area contributed by atoms with Crippen LogP contribution in [0.1, 0.15) is 16.7 Å². The van der Waals surface area contributed by atoms with Crippen LogP contribution in [0.5, 0.6) is 0 Å². The van der Waals surface area contributed by atoms with Crippen LogP contribution in [0.25, 0.3) is 0 Å². The molecule has 0 aliphatic rings. The summed E-state index contributed by atoms with van der Waals surface area (Å²) in [6.45, 7) is 0.532. The molecule has 0 aliphatic carbocycles. The fraction of sp³-hybridized carbons (Fsp3) is 0.105. The summed E-state index contributed by atoms with van der Waals surface area (Å²) in [6.07, 6.45) is 0.595. The zero-order valence-corrected chi connectivity index (χ0v) is 13.0. The second-order valence-electron chi connectivity index (χ2n) is 5.52. The highest BCUT2D eigenvalue weighted by Gasteiger charge is 2.05. The Morgan fingerprint density at radius 2 is 1.38 bits per heavy atom. The largest absolute Gasteiger partial charge is 0.383 e. The van der Waals surface area contributed by atoms with E-state index in [-0.39, 0.29) is 11.6 Å². The summed E-state index contributed by atoms with van der Waals surface area (Å²) in [7, 11) is 0. The minimum Gasteiger partial charge on any atom is -0.383 e. The molecule has 3 rings (SSSR count). The predicted octanol–water partition coefficient (Wildman–Crippen LogP) is 4.14. The van der Waals surface area contributed by atoms with Gasteiger partial charge >= 0.3 is 0 Å². The summed E-state index contributed by atoms with van der Waals surface area (Å²) < 4.78 is 25.8. The molecule has 0 saturated heterocycles. The molecule has 2 aromatic carbocycles. The molecule has 0 fully saturated rings. The van der Waals surface area contributed by atoms with Crippen molar-refractivity contribution in [1.82, 2.24) is 4.98 Å². The van der Waals surface area contributed by atoms with Crippen molar-refractivity contribution in [3.05, 3.63) is 89.0 Å². The number of halogens is 2. The molecule has 0 saturated carbocycles. The highest BCUT2D eigenvalue weighted by molar-refractivity contribution is 5.50. The highest BCUT2D eigenvalue weighted by atomic mass is 19.1. The Hall–Kier alpha value is -2.95. The van der Waals surface area contributed by atoms with E-state index in [0.717, 1.165) is 16.7 Å². The quantitative estimate of drug-likeness (QED) is 0.741. The van der Waals surface area contributed by atoms with Gasteiger partial charge in [0.05, 0.1) is 0 Å². The highest BCUT2D eigenvalue weighted by Crippen LogP contribution is 2.18. The number of hydrogen-bond acceptors (Lipinski definition) is 3. The van der Waals surface area contributed by atoms with Gasteiger partial charge in [0.2, 0.25) is 0 Å². The maximum Gasteiger partial charge on any atom is 0.129 e. The van der Waals surface area contributed by atoms with Crippen molar-refractivity contribution in [2.75, 3.05) is 11.1 Å². The number of aromatic nitrogens is 1. The van der Waals surface area contributed by atoms with Gasteiger partial charge in [0.25, 0.3) is 0 Å². The SMILES string of the molecule is Nc1nc(NCc2ccc(F)cc2)ccc1Cc1ccc(F)cc1. The monoisotopic (exact) mass is 325 g/mol. The summed E-state index contributed by atoms with van der Waals surface area (Å²) in [5.41, 5.74) is 8.82. The number of hydrogen-bond donors (Lipinski definition) is 2. The lowest BCUT2D eigenvalue weighted by molar-refractivity contribution is 0.627. The first kappa shape index (κ1) is 15.9. The van der Waals surface area contributed by atoms with Gasteiger partial charge in [0, 0.05) is 13.0 Å². The van der Waals surface area contributed by atoms with Gasteiger partial charge < -0.3 is 11.1 Å². The average Bonchev–Trinajstić information content (AvgIpc) is 2.58. The molecule has 0 bridgehead atoms. The van der Waals surface area contributed by atoms with Crippen molar-refractivity contribution in [2.24, 2.45) is 0 Å². The molecule has 0 aliphatic heterocycles. The van der Waals surface area contributed by atoms with Crippen LogP contribution >= 0.6 is 0 Å². The van der Waals surface area contributed by atoms with Crippen LogP contribution < -0.4 is 11.1 Å². The van der Waals surface area contributed by atoms with E-state index in [1.54, 1.807) is 24.3 Å². The number of nitrogens with zero attached hydrogens (tertiary/aromatic N) is 1. The van der Waals surface area contributed by atoms with Gasteiger partial charge in [-0.05, 0) is 47.0 Å². The Labute approximate surface area is 139 Å². The van der Waals surface area contributed by atoms with Gasteiger partial charge in [-0.15, -0.1) is 0 Å². The fourth-order valence-electron chi connectivity index (χ4n) is 2.37. The number of nitrogens with two attached hydrogens (primary N) is 1. The van der Waals surface area contributed by atoms with Gasteiger partial charge in [0.1, 0.15) is 23.3 Å². The molecule has 0 atom stereocenters. The molecule has 24 heavy (non-hydrogen) atoms. The molecule has 5 heteroatoms. The molecule has 3 nitrogen and oxygen atoms in total. The van der Waals surface area contributed by atoms with E-state index in [9.17, 15) is 8.78 Å². The van der Waals surface area contributed by atoms with Crippen molar-refractivity contribution in [2.45, 2.75) is 13.0 Å². The lowest BCUT2D eigenvalue weighted by Gasteiger charge is -2.10. The van der Waals surface area contributed by atoms with E-state index in [1.807, 2.05) is 12.1 Å². The number of nitrogen functional groups attached to an aromatic ring is 1. The van der Waals surface area contributed by atoms with Crippen molar-refractivity contribution >= 4 is 11.6 Å². The Morgan fingerprint density at radius 1 is 0.792 bits per heavy atom. The van der Waals surface area contributed by atoms with Gasteiger partial charge in [-0.3, -0.25) is 0 Å². The summed E-state index contributed by atoms with van der Waals surface area (Å²) in [5.74, 6) is 0.569. The third kappa shape index (κ3) is 4.07. The average molecular weight is 325 g/mol. The summed E-state index contributed by atoms with van der Waals surface area (Å²) in [5, 5.41) is 3.16. The molecule has 0 radical (unpaired) electrons. The van der Waals surface area contributed by atoms with E-state index >= 15 is 0 Å². The fourth-order valence-corrected chi connectivity index (χ4v) is 2.37. The van der Waals surface area contributed by atoms with Gasteiger partial charge in [-0.2, -0.15) is 0 Å². The smallest absolute Gasteiger partial charge is 0.129 e. The van der Waals surface area contributed by atoms with Crippen LogP contribution in [0.15, 0.2) is 60.7 Å². The van der Waals surface area contributed by atoms with E-state index in [0.29, 0.717) is 24.6 Å². The normalized spacial score (nSPS) is 10.6. The minimum absolute atomic E-state index is 0.258. The third-order valence-corrected chi connectivity index (χ3v) is 3.71. The third-order valence-electron chi connectivity index (χ3n) is 3.71. The zero-order chi connectivity index (χ0) is 16.9. The summed E-state index contributed by atoms with van der Waals surface area (Å²) >= 11 is 0. The van der Waals surface area contributed by atoms with Crippen LogP contribution in [-0.2, 0) is 13.0 Å². The molecule has 122 valence electrons. The van der Waals surface area contributed by atoms with Gasteiger partial charge in [-0.1, -0.05) is 30.3 Å². The standard InChI is InChI=1S/C19H17F2N3/c20-16-6-1-13(2-7-16)11-15-5-10-18(24-19(15)22)23-12-14-3-8-17(21)9-4-14/h1-10H,11-12H2,(H3,22,23,24). The minimum atomic E-state index is -0.259. The predicted molar refractivity (Wildman–Crippen MR) is 91.6 cm³/mol. The van der Waals surface area contributed by atoms with E-state index in [4.69, 9.17) is 5.73 Å². The molecular weight excluding hydrogens is 308 g/mol. The number of pyridine rings is 1. The lowest BCUT2D eigenvalue weighted by Crippen LogP contribution is -2.05. The number of rotatable bonds is 5. The van der Waals surface area contributed by atoms with Crippen molar-refractivity contribution in [1.29, 1.82) is 0 Å². The molecule has 3 aromatic rings. The Kier molecular flexibility index (Phi) is 4.70. The van der Waals surface area contributed by atoms with Gasteiger partial charge in [0.15, 0.2) is 0 Å². The van der Waals surface area contributed by atoms with Crippen LogP contribution in [0.2, 0.25) is 0 Å². The first-order valence-corrected chi connectivity index (χ1v) is 7.58. The van der Waals surface area contributed by atoms with Crippen LogP contribution in [0.3, 0.4) is 0 Å². The zero-order valence-electron chi connectivity index (χ0n) is 13.0. The number of nitrogens with one attached hydrogen (secondary N) is 1. The molecule has 0 spiro atoms. The topological polar surface area (TPSA) is 50.9 Å². The number of anilines is 2. The first-order valence-electron chi connectivity index (χ1n) is 7.58. The van der Waals surface area contributed by atoms with E-state index < -0.39 is 0 Å². The molecular formula is C19H17F2N3. The van der Waals surface area contributed by atoms with Gasteiger partial charge in [-0.25, -0.2) is 13.8 Å². The Balaban J connectivity index is 1.65. The molecule has 1 aromatic heterocycles. The van der Waals surface area contributed by atoms with Crippen molar-refractivity contribution in [3.8, 4) is 0 Å². The van der Waals surface area contributed by atoms with E-state index in [2.05, 4.69) is 10.3 Å². The Morgan fingerprint density at radius 3 is 1.96 bits per heavy atom. The van der Waals surface area contributed by atoms with Crippen LogP contribution in [-0.4, -0.2) is 4.98 Å². The molecule has 0 unspecified atom stereocenters. The second kappa shape index (κ2) is 7.08. The lowest BCUT2D eigenvalue weighted by atomic mass is 10.1. The van der Waals surface area contributed by atoms with Crippen molar-refractivity contribution in [3.63, 3.8) is 0 Å². The first-order chi connectivity index (χ1) is 11.6. The second-order valence-corrected chi connectivity index (χ2v) is 5.52. The maximum atomic E-state index is 12.9. The number of benzene rings is 2. The summed E-state index contributed by atoms with van der Waals surface area (Å²) in [4.78, 5) is 4.34. The molecule has 3 N–H and O–H groups in total. The van der Waals surface area contributed by atoms with Crippen LogP contribution in [0, 0.1) is 11.6 Å². The molecule has 1 heterocycles.